The average Bonchev–Trinajstić information content (AvgIpc) is 2.28. The molecule has 0 saturated carbocycles. The number of hydrogen-bond acceptors (Lipinski definition) is 3. The zero-order chi connectivity index (χ0) is 12.4. The lowest BCUT2D eigenvalue weighted by Gasteiger charge is -2.05. The minimum absolute atomic E-state index is 0.0669. The van der Waals surface area contributed by atoms with Crippen LogP contribution in [0.4, 0.5) is 8.78 Å². The SMILES string of the molecule is Cc1cc2ccc(OCC(F)F)nc2[nH]c1=O. The second-order valence-corrected chi connectivity index (χ2v) is 3.57. The number of pyridine rings is 2. The molecular weight excluding hydrogens is 230 g/mol. The summed E-state index contributed by atoms with van der Waals surface area (Å²) in [5.41, 5.74) is 0.643. The van der Waals surface area contributed by atoms with Gasteiger partial charge in [0, 0.05) is 17.0 Å². The van der Waals surface area contributed by atoms with Crippen LogP contribution in [-0.4, -0.2) is 23.0 Å². The molecule has 0 saturated heterocycles. The van der Waals surface area contributed by atoms with Crippen LogP contribution in [0.3, 0.4) is 0 Å². The Morgan fingerprint density at radius 1 is 1.47 bits per heavy atom. The van der Waals surface area contributed by atoms with Gasteiger partial charge in [-0.3, -0.25) is 4.79 Å². The number of fused-ring (bicyclic) bond motifs is 1. The molecule has 2 heterocycles. The third kappa shape index (κ3) is 2.58. The largest absolute Gasteiger partial charge is 0.472 e. The second-order valence-electron chi connectivity index (χ2n) is 3.57. The number of H-pyrrole nitrogens is 1. The Kier molecular flexibility index (Phi) is 3.03. The first-order valence-electron chi connectivity index (χ1n) is 4.98. The van der Waals surface area contributed by atoms with Gasteiger partial charge < -0.3 is 9.72 Å². The summed E-state index contributed by atoms with van der Waals surface area (Å²) in [6, 6.07) is 4.83. The zero-order valence-electron chi connectivity index (χ0n) is 9.04. The van der Waals surface area contributed by atoms with Gasteiger partial charge in [-0.1, -0.05) is 0 Å². The minimum atomic E-state index is -2.55. The summed E-state index contributed by atoms with van der Waals surface area (Å²) in [6.07, 6.45) is -2.55. The lowest BCUT2D eigenvalue weighted by atomic mass is 10.2. The highest BCUT2D eigenvalue weighted by Crippen LogP contribution is 2.14. The fourth-order valence-electron chi connectivity index (χ4n) is 1.40. The van der Waals surface area contributed by atoms with Crippen LogP contribution < -0.4 is 10.3 Å². The molecule has 0 aliphatic rings. The topological polar surface area (TPSA) is 55.0 Å². The third-order valence-corrected chi connectivity index (χ3v) is 2.22. The highest BCUT2D eigenvalue weighted by Gasteiger charge is 2.06. The Bertz CT molecular complexity index is 596. The van der Waals surface area contributed by atoms with E-state index < -0.39 is 13.0 Å². The lowest BCUT2D eigenvalue weighted by molar-refractivity contribution is 0.0797. The standard InChI is InChI=1S/C11H10F2N2O2/c1-6-4-7-2-3-9(17-5-8(12)13)14-10(7)15-11(6)16/h2-4,8H,5H2,1H3,(H,14,15,16). The molecular formula is C11H10F2N2O2. The first-order chi connectivity index (χ1) is 8.06. The second kappa shape index (κ2) is 4.48. The molecule has 2 rings (SSSR count). The highest BCUT2D eigenvalue weighted by atomic mass is 19.3. The maximum Gasteiger partial charge on any atom is 0.272 e. The Morgan fingerprint density at radius 3 is 2.94 bits per heavy atom. The van der Waals surface area contributed by atoms with Gasteiger partial charge >= 0.3 is 0 Å². The van der Waals surface area contributed by atoms with E-state index in [-0.39, 0.29) is 11.4 Å². The van der Waals surface area contributed by atoms with Crippen molar-refractivity contribution in [2.75, 3.05) is 6.61 Å². The van der Waals surface area contributed by atoms with Gasteiger partial charge in [0.1, 0.15) is 5.65 Å². The van der Waals surface area contributed by atoms with Gasteiger partial charge in [-0.2, -0.15) is 4.98 Å². The van der Waals surface area contributed by atoms with Crippen LogP contribution in [0.25, 0.3) is 11.0 Å². The van der Waals surface area contributed by atoms with Crippen LogP contribution >= 0.6 is 0 Å². The van der Waals surface area contributed by atoms with E-state index in [1.54, 1.807) is 19.1 Å². The van der Waals surface area contributed by atoms with Gasteiger partial charge in [0.05, 0.1) is 0 Å². The third-order valence-electron chi connectivity index (χ3n) is 2.22. The van der Waals surface area contributed by atoms with Crippen LogP contribution in [0.1, 0.15) is 5.56 Å². The van der Waals surface area contributed by atoms with Crippen molar-refractivity contribution in [3.05, 3.63) is 34.1 Å². The minimum Gasteiger partial charge on any atom is -0.472 e. The quantitative estimate of drug-likeness (QED) is 0.891. The molecule has 2 aromatic heterocycles. The number of nitrogens with one attached hydrogen (secondary N) is 1. The molecule has 0 amide bonds. The maximum atomic E-state index is 11.9. The highest BCUT2D eigenvalue weighted by molar-refractivity contribution is 5.75. The first-order valence-corrected chi connectivity index (χ1v) is 4.98. The summed E-state index contributed by atoms with van der Waals surface area (Å²) < 4.78 is 28.6. The van der Waals surface area contributed by atoms with Crippen molar-refractivity contribution < 1.29 is 13.5 Å². The first kappa shape index (κ1) is 11.5. The molecule has 1 N–H and O–H groups in total. The lowest BCUT2D eigenvalue weighted by Crippen LogP contribution is -2.11. The van der Waals surface area contributed by atoms with Crippen LogP contribution in [0.15, 0.2) is 23.0 Å². The van der Waals surface area contributed by atoms with Gasteiger partial charge in [0.25, 0.3) is 12.0 Å². The monoisotopic (exact) mass is 240 g/mol. The summed E-state index contributed by atoms with van der Waals surface area (Å²) in [6.45, 7) is 0.966. The molecule has 0 bridgehead atoms. The number of hydrogen-bond donors (Lipinski definition) is 1. The van der Waals surface area contributed by atoms with Gasteiger partial charge in [0.15, 0.2) is 6.61 Å². The van der Waals surface area contributed by atoms with Crippen LogP contribution in [0.5, 0.6) is 5.88 Å². The Morgan fingerprint density at radius 2 is 2.24 bits per heavy atom. The van der Waals surface area contributed by atoms with E-state index in [4.69, 9.17) is 4.74 Å². The maximum absolute atomic E-state index is 11.9. The molecule has 0 aliphatic carbocycles. The molecule has 0 aliphatic heterocycles. The Balaban J connectivity index is 2.37. The fraction of sp³-hybridized carbons (Fsp3) is 0.273. The number of alkyl halides is 2. The van der Waals surface area contributed by atoms with E-state index in [0.29, 0.717) is 11.2 Å². The Hall–Kier alpha value is -1.98. The van der Waals surface area contributed by atoms with Crippen molar-refractivity contribution in [2.45, 2.75) is 13.3 Å². The normalized spacial score (nSPS) is 11.1. The van der Waals surface area contributed by atoms with E-state index in [1.165, 1.54) is 6.07 Å². The fourth-order valence-corrected chi connectivity index (χ4v) is 1.40. The predicted octanol–water partition coefficient (Wildman–Crippen LogP) is 1.88. The smallest absolute Gasteiger partial charge is 0.272 e. The number of halogens is 2. The van der Waals surface area contributed by atoms with Crippen LogP contribution in [0.2, 0.25) is 0 Å². The van der Waals surface area contributed by atoms with Crippen molar-refractivity contribution >= 4 is 11.0 Å². The van der Waals surface area contributed by atoms with Gasteiger partial charge in [-0.15, -0.1) is 0 Å². The molecule has 6 heteroatoms. The van der Waals surface area contributed by atoms with Crippen molar-refractivity contribution in [3.63, 3.8) is 0 Å². The summed E-state index contributed by atoms with van der Waals surface area (Å²) in [4.78, 5) is 17.8. The average molecular weight is 240 g/mol. The van der Waals surface area contributed by atoms with Gasteiger partial charge in [-0.25, -0.2) is 8.78 Å². The number of aromatic nitrogens is 2. The molecule has 0 spiro atoms. The van der Waals surface area contributed by atoms with E-state index in [1.807, 2.05) is 0 Å². The van der Waals surface area contributed by atoms with Crippen LogP contribution in [-0.2, 0) is 0 Å². The molecule has 17 heavy (non-hydrogen) atoms. The number of rotatable bonds is 3. The molecule has 0 unspecified atom stereocenters. The summed E-state index contributed by atoms with van der Waals surface area (Å²) in [5, 5.41) is 0.728. The Labute approximate surface area is 95.3 Å². The number of ether oxygens (including phenoxy) is 1. The molecule has 0 radical (unpaired) electrons. The van der Waals surface area contributed by atoms with Gasteiger partial charge in [-0.05, 0) is 19.1 Å². The van der Waals surface area contributed by atoms with E-state index in [9.17, 15) is 13.6 Å². The molecule has 2 aromatic rings. The van der Waals surface area contributed by atoms with E-state index in [0.717, 1.165) is 5.39 Å². The molecule has 0 aromatic carbocycles. The van der Waals surface area contributed by atoms with Crippen molar-refractivity contribution in [1.29, 1.82) is 0 Å². The number of nitrogens with zero attached hydrogens (tertiary/aromatic N) is 1. The summed E-state index contributed by atoms with van der Waals surface area (Å²) in [7, 11) is 0. The zero-order valence-corrected chi connectivity index (χ0v) is 9.04. The molecule has 0 atom stereocenters. The summed E-state index contributed by atoms with van der Waals surface area (Å²) >= 11 is 0. The molecule has 90 valence electrons. The van der Waals surface area contributed by atoms with Crippen molar-refractivity contribution in [3.8, 4) is 5.88 Å². The predicted molar refractivity (Wildman–Crippen MR) is 58.6 cm³/mol. The van der Waals surface area contributed by atoms with E-state index >= 15 is 0 Å². The van der Waals surface area contributed by atoms with Crippen molar-refractivity contribution in [1.82, 2.24) is 9.97 Å². The van der Waals surface area contributed by atoms with E-state index in [2.05, 4.69) is 9.97 Å². The van der Waals surface area contributed by atoms with Crippen LogP contribution in [0, 0.1) is 6.92 Å². The van der Waals surface area contributed by atoms with Gasteiger partial charge in [0.2, 0.25) is 5.88 Å². The molecule has 4 nitrogen and oxygen atoms in total. The summed E-state index contributed by atoms with van der Waals surface area (Å²) in [5.74, 6) is 0.0669. The number of aromatic amines is 1. The molecule has 0 fully saturated rings. The number of aryl methyl sites for hydroxylation is 1. The van der Waals surface area contributed by atoms with Crippen molar-refractivity contribution in [2.24, 2.45) is 0 Å².